The van der Waals surface area contributed by atoms with Crippen molar-refractivity contribution in [2.75, 3.05) is 25.4 Å². The van der Waals surface area contributed by atoms with E-state index in [0.29, 0.717) is 26.2 Å². The minimum atomic E-state index is -3.27. The second kappa shape index (κ2) is 8.98. The van der Waals surface area contributed by atoms with E-state index in [-0.39, 0.29) is 24.1 Å². The third kappa shape index (κ3) is 6.26. The maximum atomic E-state index is 12.5. The maximum Gasteiger partial charge on any atom is 0.215 e. The van der Waals surface area contributed by atoms with Gasteiger partial charge in [-0.2, -0.15) is 4.31 Å². The second-order valence-electron chi connectivity index (χ2n) is 6.84. The Bertz CT molecular complexity index is 638. The molecule has 2 unspecified atom stereocenters. The number of nitrogens with zero attached hydrogens (tertiary/aromatic N) is 1. The van der Waals surface area contributed by atoms with Crippen LogP contribution in [0.2, 0.25) is 0 Å². The third-order valence-corrected chi connectivity index (χ3v) is 5.77. The van der Waals surface area contributed by atoms with Gasteiger partial charge in [-0.25, -0.2) is 8.42 Å². The number of nitrogens with one attached hydrogen (secondary N) is 1. The molecule has 0 aliphatic carbocycles. The Balaban J connectivity index is 1.84. The average molecular weight is 371 g/mol. The zero-order valence-corrected chi connectivity index (χ0v) is 16.4. The van der Waals surface area contributed by atoms with Crippen molar-refractivity contribution in [1.82, 2.24) is 9.62 Å². The molecule has 7 heteroatoms. The molecular formula is C18H30N2O4S. The van der Waals surface area contributed by atoms with Gasteiger partial charge in [-0.15, -0.1) is 0 Å². The molecule has 0 bridgehead atoms. The molecule has 142 valence electrons. The first-order chi connectivity index (χ1) is 11.8. The van der Waals surface area contributed by atoms with Crippen molar-refractivity contribution in [3.63, 3.8) is 0 Å². The van der Waals surface area contributed by atoms with Gasteiger partial charge in [0, 0.05) is 31.7 Å². The Labute approximate surface area is 151 Å². The number of ether oxygens (including phenoxy) is 2. The number of rotatable bonds is 8. The molecule has 2 atom stereocenters. The maximum absolute atomic E-state index is 12.5. The van der Waals surface area contributed by atoms with E-state index in [1.54, 1.807) is 4.31 Å². The van der Waals surface area contributed by atoms with E-state index in [9.17, 15) is 8.42 Å². The summed E-state index contributed by atoms with van der Waals surface area (Å²) in [6, 6.07) is 7.82. The molecule has 1 heterocycles. The van der Waals surface area contributed by atoms with Gasteiger partial charge in [0.1, 0.15) is 5.75 Å². The van der Waals surface area contributed by atoms with Crippen molar-refractivity contribution in [3.8, 4) is 5.75 Å². The van der Waals surface area contributed by atoms with E-state index in [1.807, 2.05) is 52.0 Å². The Morgan fingerprint density at radius 1 is 1.24 bits per heavy atom. The van der Waals surface area contributed by atoms with Crippen LogP contribution in [0.3, 0.4) is 0 Å². The Hall–Kier alpha value is -1.15. The molecule has 0 radical (unpaired) electrons. The van der Waals surface area contributed by atoms with Gasteiger partial charge in [0.2, 0.25) is 10.0 Å². The van der Waals surface area contributed by atoms with Crippen LogP contribution in [0.1, 0.15) is 33.3 Å². The van der Waals surface area contributed by atoms with Crippen molar-refractivity contribution >= 4 is 10.0 Å². The minimum absolute atomic E-state index is 0.0634. The van der Waals surface area contributed by atoms with Gasteiger partial charge < -0.3 is 14.8 Å². The number of hydrogen-bond donors (Lipinski definition) is 1. The lowest BCUT2D eigenvalue weighted by Crippen LogP contribution is -2.49. The number of para-hydroxylation sites is 1. The predicted octanol–water partition coefficient (Wildman–Crippen LogP) is 2.00. The summed E-state index contributed by atoms with van der Waals surface area (Å²) < 4.78 is 37.9. The van der Waals surface area contributed by atoms with Crippen molar-refractivity contribution in [2.45, 2.75) is 52.6 Å². The van der Waals surface area contributed by atoms with Crippen LogP contribution >= 0.6 is 0 Å². The van der Waals surface area contributed by atoms with Crippen LogP contribution in [0.5, 0.6) is 5.75 Å². The molecule has 1 aromatic carbocycles. The monoisotopic (exact) mass is 370 g/mol. The smallest absolute Gasteiger partial charge is 0.215 e. The fraction of sp³-hybridized carbons (Fsp3) is 0.667. The van der Waals surface area contributed by atoms with Gasteiger partial charge in [0.05, 0.1) is 24.1 Å². The van der Waals surface area contributed by atoms with Crippen LogP contribution in [0, 0.1) is 0 Å². The molecule has 1 aliphatic rings. The van der Waals surface area contributed by atoms with Crippen LogP contribution in [-0.4, -0.2) is 56.4 Å². The van der Waals surface area contributed by atoms with E-state index < -0.39 is 10.0 Å². The lowest BCUT2D eigenvalue weighted by Gasteiger charge is -2.34. The van der Waals surface area contributed by atoms with Gasteiger partial charge in [-0.05, 0) is 33.8 Å². The fourth-order valence-electron chi connectivity index (χ4n) is 2.93. The van der Waals surface area contributed by atoms with Crippen LogP contribution in [0.4, 0.5) is 0 Å². The zero-order chi connectivity index (χ0) is 18.4. The van der Waals surface area contributed by atoms with Crippen LogP contribution < -0.4 is 10.1 Å². The molecule has 0 amide bonds. The van der Waals surface area contributed by atoms with E-state index in [1.165, 1.54) is 0 Å². The van der Waals surface area contributed by atoms with Gasteiger partial charge in [-0.1, -0.05) is 18.2 Å². The highest BCUT2D eigenvalue weighted by Gasteiger charge is 2.30. The number of hydrogen-bond acceptors (Lipinski definition) is 5. The molecule has 0 saturated carbocycles. The summed E-state index contributed by atoms with van der Waals surface area (Å²) in [4.78, 5) is 0. The highest BCUT2D eigenvalue weighted by atomic mass is 32.2. The van der Waals surface area contributed by atoms with Gasteiger partial charge in [0.25, 0.3) is 0 Å². The highest BCUT2D eigenvalue weighted by molar-refractivity contribution is 7.89. The lowest BCUT2D eigenvalue weighted by atomic mass is 10.2. The van der Waals surface area contributed by atoms with E-state index in [0.717, 1.165) is 11.3 Å². The topological polar surface area (TPSA) is 67.9 Å². The molecule has 2 rings (SSSR count). The molecule has 1 aliphatic heterocycles. The second-order valence-corrected chi connectivity index (χ2v) is 8.93. The Kier molecular flexibility index (Phi) is 7.25. The molecular weight excluding hydrogens is 340 g/mol. The summed E-state index contributed by atoms with van der Waals surface area (Å²) in [7, 11) is -3.27. The standard InChI is InChI=1S/C18H30N2O4S/c1-14(2)23-18-8-6-5-7-17(18)11-19-9-10-25(21,22)20-12-15(3)24-16(4)13-20/h5-8,14-16,19H,9-13H2,1-4H3. The summed E-state index contributed by atoms with van der Waals surface area (Å²) in [6.45, 7) is 9.62. The first kappa shape index (κ1) is 20.2. The van der Waals surface area contributed by atoms with Gasteiger partial charge in [-0.3, -0.25) is 0 Å². The SMILES string of the molecule is CC(C)Oc1ccccc1CNCCS(=O)(=O)N1CC(C)OC(C)C1. The summed E-state index contributed by atoms with van der Waals surface area (Å²) in [5.74, 6) is 0.920. The molecule has 0 spiro atoms. The van der Waals surface area contributed by atoms with Crippen LogP contribution in [-0.2, 0) is 21.3 Å². The molecule has 1 aromatic rings. The lowest BCUT2D eigenvalue weighted by molar-refractivity contribution is -0.0440. The van der Waals surface area contributed by atoms with Crippen molar-refractivity contribution < 1.29 is 17.9 Å². The molecule has 6 nitrogen and oxygen atoms in total. The van der Waals surface area contributed by atoms with Gasteiger partial charge in [0.15, 0.2) is 0 Å². The highest BCUT2D eigenvalue weighted by Crippen LogP contribution is 2.19. The molecule has 25 heavy (non-hydrogen) atoms. The quantitative estimate of drug-likeness (QED) is 0.709. The summed E-state index contributed by atoms with van der Waals surface area (Å²) >= 11 is 0. The normalized spacial score (nSPS) is 22.3. The van der Waals surface area contributed by atoms with Crippen LogP contribution in [0.25, 0.3) is 0 Å². The number of sulfonamides is 1. The Morgan fingerprint density at radius 3 is 2.52 bits per heavy atom. The molecule has 1 saturated heterocycles. The third-order valence-electron chi connectivity index (χ3n) is 3.97. The Morgan fingerprint density at radius 2 is 1.88 bits per heavy atom. The first-order valence-electron chi connectivity index (χ1n) is 8.86. The van der Waals surface area contributed by atoms with Crippen molar-refractivity contribution in [2.24, 2.45) is 0 Å². The zero-order valence-electron chi connectivity index (χ0n) is 15.6. The van der Waals surface area contributed by atoms with E-state index >= 15 is 0 Å². The van der Waals surface area contributed by atoms with Gasteiger partial charge >= 0.3 is 0 Å². The number of morpholine rings is 1. The van der Waals surface area contributed by atoms with E-state index in [2.05, 4.69) is 5.32 Å². The molecule has 1 fully saturated rings. The summed E-state index contributed by atoms with van der Waals surface area (Å²) in [5.41, 5.74) is 1.03. The largest absolute Gasteiger partial charge is 0.491 e. The molecule has 1 N–H and O–H groups in total. The average Bonchev–Trinajstić information content (AvgIpc) is 2.51. The molecule has 0 aromatic heterocycles. The van der Waals surface area contributed by atoms with Crippen molar-refractivity contribution in [1.29, 1.82) is 0 Å². The summed E-state index contributed by atoms with van der Waals surface area (Å²) in [6.07, 6.45) is -0.0232. The van der Waals surface area contributed by atoms with E-state index in [4.69, 9.17) is 9.47 Å². The first-order valence-corrected chi connectivity index (χ1v) is 10.5. The summed E-state index contributed by atoms with van der Waals surface area (Å²) in [5, 5.41) is 3.22. The fourth-order valence-corrected chi connectivity index (χ4v) is 4.46. The predicted molar refractivity (Wildman–Crippen MR) is 99.3 cm³/mol. The number of benzene rings is 1. The van der Waals surface area contributed by atoms with Crippen molar-refractivity contribution in [3.05, 3.63) is 29.8 Å². The minimum Gasteiger partial charge on any atom is -0.491 e. The van der Waals surface area contributed by atoms with Crippen LogP contribution in [0.15, 0.2) is 24.3 Å².